The average Bonchev–Trinajstić information content (AvgIpc) is 1.44. The molecule has 0 heterocycles. The smallest absolute Gasteiger partial charge is 0.213 e. The van der Waals surface area contributed by atoms with Crippen molar-refractivity contribution in [2.75, 3.05) is 0 Å². The molecular weight excluding hydrogens is 186 g/mol. The van der Waals surface area contributed by atoms with Gasteiger partial charge in [-0.15, -0.1) is 0 Å². The molecule has 0 bridgehead atoms. The zero-order valence-corrected chi connectivity index (χ0v) is 10.2. The van der Waals surface area contributed by atoms with Crippen LogP contribution >= 0.6 is 0 Å². The third kappa shape index (κ3) is 3.65. The molecule has 0 amide bonds. The molecule has 0 unspecified atom stereocenters. The van der Waals surface area contributed by atoms with Crippen molar-refractivity contribution in [3.63, 3.8) is 0 Å². The molecule has 0 aliphatic heterocycles. The summed E-state index contributed by atoms with van der Waals surface area (Å²) in [6.07, 6.45) is 0. The third-order valence-electron chi connectivity index (χ3n) is 1.90. The fourth-order valence-electron chi connectivity index (χ4n) is 2.28. The van der Waals surface area contributed by atoms with Gasteiger partial charge in [0, 0.05) is 0 Å². The molecule has 2 N–H and O–H groups in total. The van der Waals surface area contributed by atoms with Crippen LogP contribution in [0.5, 0.6) is 0 Å². The van der Waals surface area contributed by atoms with Gasteiger partial charge in [0.15, 0.2) is 0 Å². The van der Waals surface area contributed by atoms with Crippen LogP contribution in [0, 0.1) is 10.8 Å². The minimum Gasteiger partial charge on any atom is -0.228 e. The Morgan fingerprint density at radius 2 is 1.15 bits per heavy atom. The maximum absolute atomic E-state index is 11.4. The maximum Gasteiger partial charge on any atom is 0.213 e. The lowest BCUT2D eigenvalue weighted by atomic mass is 9.77. The van der Waals surface area contributed by atoms with Crippen molar-refractivity contribution in [2.24, 2.45) is 16.0 Å². The van der Waals surface area contributed by atoms with Gasteiger partial charge in [0.1, 0.15) is 0 Å². The minimum atomic E-state index is -3.48. The highest BCUT2D eigenvalue weighted by molar-refractivity contribution is 7.89. The Balaban J connectivity index is 5.28. The summed E-state index contributed by atoms with van der Waals surface area (Å²) in [6, 6.07) is 0. The molecule has 0 fully saturated rings. The van der Waals surface area contributed by atoms with E-state index in [1.807, 2.05) is 41.5 Å². The monoisotopic (exact) mass is 207 g/mol. The molecule has 0 radical (unpaired) electrons. The van der Waals surface area contributed by atoms with Crippen molar-refractivity contribution in [1.29, 1.82) is 0 Å². The molecule has 0 saturated heterocycles. The number of primary sulfonamides is 1. The van der Waals surface area contributed by atoms with Crippen LogP contribution in [0.1, 0.15) is 41.5 Å². The Bertz CT molecular complexity index is 253. The SMILES string of the molecule is CC(C)(C)C(C(C)(C)C)S(N)(=O)=O. The zero-order chi connectivity index (χ0) is 11.1. The number of nitrogens with two attached hydrogens (primary N) is 1. The highest BCUT2D eigenvalue weighted by Gasteiger charge is 2.42. The first-order valence-electron chi connectivity index (χ1n) is 4.38. The van der Waals surface area contributed by atoms with Crippen molar-refractivity contribution >= 4 is 10.0 Å². The van der Waals surface area contributed by atoms with Crippen LogP contribution in [0.4, 0.5) is 0 Å². The standard InChI is InChI=1S/C9H21NO2S/c1-8(2,3)7(9(4,5)6)13(10,11)12/h7H,1-6H3,(H2,10,11,12). The summed E-state index contributed by atoms with van der Waals surface area (Å²) in [5, 5.41) is 4.70. The Kier molecular flexibility index (Phi) is 3.22. The van der Waals surface area contributed by atoms with Crippen molar-refractivity contribution < 1.29 is 8.42 Å². The van der Waals surface area contributed by atoms with Gasteiger partial charge in [-0.1, -0.05) is 41.5 Å². The first-order valence-corrected chi connectivity index (χ1v) is 5.99. The minimum absolute atomic E-state index is 0.328. The molecule has 0 aromatic carbocycles. The molecule has 0 spiro atoms. The lowest BCUT2D eigenvalue weighted by molar-refractivity contribution is 0.238. The fourth-order valence-corrected chi connectivity index (χ4v) is 4.26. The van der Waals surface area contributed by atoms with Crippen LogP contribution in [-0.2, 0) is 10.0 Å². The summed E-state index contributed by atoms with van der Waals surface area (Å²) in [5.74, 6) is 0. The second kappa shape index (κ2) is 3.24. The molecule has 0 rings (SSSR count). The molecule has 4 heteroatoms. The molecule has 0 aliphatic rings. The van der Waals surface area contributed by atoms with Gasteiger partial charge >= 0.3 is 0 Å². The first-order chi connectivity index (χ1) is 5.37. The van der Waals surface area contributed by atoms with Crippen LogP contribution in [0.25, 0.3) is 0 Å². The molecule has 3 nitrogen and oxygen atoms in total. The van der Waals surface area contributed by atoms with Crippen molar-refractivity contribution in [3.05, 3.63) is 0 Å². The molecular formula is C9H21NO2S. The van der Waals surface area contributed by atoms with Gasteiger partial charge in [-0.3, -0.25) is 0 Å². The lowest BCUT2D eigenvalue weighted by Crippen LogP contribution is -2.47. The summed E-state index contributed by atoms with van der Waals surface area (Å²) in [4.78, 5) is 0. The first kappa shape index (κ1) is 12.9. The highest BCUT2D eigenvalue weighted by Crippen LogP contribution is 2.37. The largest absolute Gasteiger partial charge is 0.228 e. The number of rotatable bonds is 1. The van der Waals surface area contributed by atoms with Gasteiger partial charge < -0.3 is 0 Å². The summed E-state index contributed by atoms with van der Waals surface area (Å²) in [7, 11) is -3.48. The predicted octanol–water partition coefficient (Wildman–Crippen LogP) is 1.74. The van der Waals surface area contributed by atoms with Crippen LogP contribution in [0.15, 0.2) is 0 Å². The Hall–Kier alpha value is -0.0900. The van der Waals surface area contributed by atoms with Crippen LogP contribution in [-0.4, -0.2) is 13.7 Å². The van der Waals surface area contributed by atoms with Crippen molar-refractivity contribution in [3.8, 4) is 0 Å². The van der Waals surface area contributed by atoms with E-state index in [-0.39, 0.29) is 10.8 Å². The topological polar surface area (TPSA) is 60.2 Å². The van der Waals surface area contributed by atoms with E-state index in [0.29, 0.717) is 0 Å². The van der Waals surface area contributed by atoms with Gasteiger partial charge in [0.2, 0.25) is 10.0 Å². The number of sulfonamides is 1. The van der Waals surface area contributed by atoms with E-state index in [4.69, 9.17) is 5.14 Å². The van der Waals surface area contributed by atoms with E-state index in [9.17, 15) is 8.42 Å². The van der Waals surface area contributed by atoms with E-state index in [1.165, 1.54) is 0 Å². The number of hydrogen-bond donors (Lipinski definition) is 1. The van der Waals surface area contributed by atoms with Gasteiger partial charge in [-0.25, -0.2) is 13.6 Å². The molecule has 0 aromatic rings. The Morgan fingerprint density at radius 3 is 1.15 bits per heavy atom. The maximum atomic E-state index is 11.4. The van der Waals surface area contributed by atoms with Crippen molar-refractivity contribution in [2.45, 2.75) is 46.8 Å². The molecule has 0 saturated carbocycles. The molecule has 0 aromatic heterocycles. The molecule has 0 aliphatic carbocycles. The fraction of sp³-hybridized carbons (Fsp3) is 1.00. The highest BCUT2D eigenvalue weighted by atomic mass is 32.2. The van der Waals surface area contributed by atoms with Gasteiger partial charge in [-0.2, -0.15) is 0 Å². The molecule has 80 valence electrons. The van der Waals surface area contributed by atoms with E-state index >= 15 is 0 Å². The van der Waals surface area contributed by atoms with E-state index in [1.54, 1.807) is 0 Å². The van der Waals surface area contributed by atoms with Gasteiger partial charge in [-0.05, 0) is 10.8 Å². The third-order valence-corrected chi connectivity index (χ3v) is 3.97. The summed E-state index contributed by atoms with van der Waals surface area (Å²) in [5.41, 5.74) is -0.655. The van der Waals surface area contributed by atoms with Crippen LogP contribution in [0.2, 0.25) is 0 Å². The molecule has 0 atom stereocenters. The van der Waals surface area contributed by atoms with Crippen LogP contribution in [0.3, 0.4) is 0 Å². The normalized spacial score (nSPS) is 15.1. The van der Waals surface area contributed by atoms with E-state index < -0.39 is 15.3 Å². The Morgan fingerprint density at radius 1 is 0.923 bits per heavy atom. The summed E-state index contributed by atoms with van der Waals surface area (Å²) >= 11 is 0. The van der Waals surface area contributed by atoms with Crippen LogP contribution < -0.4 is 5.14 Å². The lowest BCUT2D eigenvalue weighted by Gasteiger charge is -2.38. The second-order valence-electron chi connectivity index (χ2n) is 5.70. The van der Waals surface area contributed by atoms with E-state index in [0.717, 1.165) is 0 Å². The Labute approximate surface area is 81.8 Å². The second-order valence-corrected chi connectivity index (χ2v) is 7.35. The van der Waals surface area contributed by atoms with Gasteiger partial charge in [0.25, 0.3) is 0 Å². The number of hydrogen-bond acceptors (Lipinski definition) is 2. The van der Waals surface area contributed by atoms with Gasteiger partial charge in [0.05, 0.1) is 5.25 Å². The average molecular weight is 207 g/mol. The predicted molar refractivity (Wildman–Crippen MR) is 55.8 cm³/mol. The zero-order valence-electron chi connectivity index (χ0n) is 9.38. The molecule has 13 heavy (non-hydrogen) atoms. The summed E-state index contributed by atoms with van der Waals surface area (Å²) < 4.78 is 22.8. The summed E-state index contributed by atoms with van der Waals surface area (Å²) in [6.45, 7) is 11.4. The van der Waals surface area contributed by atoms with Crippen molar-refractivity contribution in [1.82, 2.24) is 0 Å². The quantitative estimate of drug-likeness (QED) is 0.712. The van der Waals surface area contributed by atoms with E-state index in [2.05, 4.69) is 0 Å².